The van der Waals surface area contributed by atoms with Gasteiger partial charge in [0.15, 0.2) is 18.1 Å². The summed E-state index contributed by atoms with van der Waals surface area (Å²) in [7, 11) is 1.40. The van der Waals surface area contributed by atoms with Crippen LogP contribution in [-0.2, 0) is 9.59 Å². The lowest BCUT2D eigenvalue weighted by Crippen LogP contribution is -2.13. The summed E-state index contributed by atoms with van der Waals surface area (Å²) < 4.78 is 16.2. The summed E-state index contributed by atoms with van der Waals surface area (Å²) in [6, 6.07) is 11.8. The molecule has 0 fully saturated rings. The predicted molar refractivity (Wildman–Crippen MR) is 114 cm³/mol. The second kappa shape index (κ2) is 10.9. The second-order valence-electron chi connectivity index (χ2n) is 5.80. The van der Waals surface area contributed by atoms with E-state index >= 15 is 0 Å². The summed E-state index contributed by atoms with van der Waals surface area (Å²) in [4.78, 5) is 23.2. The first kappa shape index (κ1) is 22.8. The number of aliphatic carboxylic acids is 1. The zero-order valence-electron chi connectivity index (χ0n) is 16.3. The molecule has 0 aliphatic carbocycles. The molecule has 0 bridgehead atoms. The molecule has 0 unspecified atom stereocenters. The number of halogens is 1. The molecule has 8 nitrogen and oxygen atoms in total. The van der Waals surface area contributed by atoms with Crippen LogP contribution in [-0.4, -0.2) is 37.3 Å². The van der Waals surface area contributed by atoms with Crippen molar-refractivity contribution in [1.82, 2.24) is 0 Å². The Morgan fingerprint density at radius 2 is 1.93 bits per heavy atom. The molecule has 0 radical (unpaired) electrons. The summed E-state index contributed by atoms with van der Waals surface area (Å²) in [5.74, 6) is -0.585. The number of amides is 1. The van der Waals surface area contributed by atoms with Crippen LogP contribution in [0.15, 0.2) is 46.4 Å². The van der Waals surface area contributed by atoms with Gasteiger partial charge in [-0.2, -0.15) is 5.26 Å². The fourth-order valence-corrected chi connectivity index (χ4v) is 2.99. The van der Waals surface area contributed by atoms with Gasteiger partial charge in [0.1, 0.15) is 17.4 Å². The van der Waals surface area contributed by atoms with Gasteiger partial charge in [0, 0.05) is 5.69 Å². The number of nitrogens with zero attached hydrogens (tertiary/aromatic N) is 1. The predicted octanol–water partition coefficient (Wildman–Crippen LogP) is 3.87. The molecule has 0 aliphatic rings. The van der Waals surface area contributed by atoms with Crippen LogP contribution in [0.3, 0.4) is 0 Å². The van der Waals surface area contributed by atoms with Crippen molar-refractivity contribution in [3.63, 3.8) is 0 Å². The number of nitriles is 1. The lowest BCUT2D eigenvalue weighted by atomic mass is 10.1. The Morgan fingerprint density at radius 1 is 1.23 bits per heavy atom. The van der Waals surface area contributed by atoms with Crippen LogP contribution < -0.4 is 19.5 Å². The maximum Gasteiger partial charge on any atom is 0.341 e. The van der Waals surface area contributed by atoms with E-state index in [-0.39, 0.29) is 17.1 Å². The monoisotopic (exact) mass is 474 g/mol. The third-order valence-electron chi connectivity index (χ3n) is 3.69. The molecule has 2 aromatic rings. The van der Waals surface area contributed by atoms with Crippen molar-refractivity contribution in [3.05, 3.63) is 52.0 Å². The van der Waals surface area contributed by atoms with Crippen LogP contribution in [0, 0.1) is 11.3 Å². The molecule has 1 amide bonds. The van der Waals surface area contributed by atoms with Crippen LogP contribution in [0.4, 0.5) is 5.69 Å². The van der Waals surface area contributed by atoms with Crippen LogP contribution in [0.25, 0.3) is 6.08 Å². The first-order valence-corrected chi connectivity index (χ1v) is 9.55. The molecule has 0 saturated heterocycles. The number of nitrogens with one attached hydrogen (secondary N) is 1. The zero-order valence-corrected chi connectivity index (χ0v) is 17.9. The highest BCUT2D eigenvalue weighted by Gasteiger charge is 2.15. The molecule has 9 heteroatoms. The summed E-state index contributed by atoms with van der Waals surface area (Å²) in [5, 5.41) is 20.8. The topological polar surface area (TPSA) is 118 Å². The summed E-state index contributed by atoms with van der Waals surface area (Å²) in [6.45, 7) is 1.86. The average Bonchev–Trinajstić information content (AvgIpc) is 2.72. The molecule has 0 aliphatic heterocycles. The van der Waals surface area contributed by atoms with E-state index in [9.17, 15) is 14.9 Å². The molecule has 2 rings (SSSR count). The van der Waals surface area contributed by atoms with Gasteiger partial charge in [-0.25, -0.2) is 4.79 Å². The van der Waals surface area contributed by atoms with Gasteiger partial charge in [0.25, 0.3) is 5.91 Å². The number of carbonyl (C=O) groups is 2. The maximum absolute atomic E-state index is 12.5. The van der Waals surface area contributed by atoms with Crippen molar-refractivity contribution in [3.8, 4) is 23.3 Å². The molecular weight excluding hydrogens is 456 g/mol. The summed E-state index contributed by atoms with van der Waals surface area (Å²) in [5.41, 5.74) is 0.873. The standard InChI is InChI=1S/C21H19BrN2O6/c1-3-29-16-6-4-15(5-7-16)24-21(27)14(11-23)8-13-9-17(22)20(18(10-13)28-2)30-12-19(25)26/h4-10H,3,12H2,1-2H3,(H,24,27)(H,25,26). The van der Waals surface area contributed by atoms with Gasteiger partial charge in [-0.15, -0.1) is 0 Å². The van der Waals surface area contributed by atoms with Crippen LogP contribution in [0.2, 0.25) is 0 Å². The number of carboxylic acids is 1. The highest BCUT2D eigenvalue weighted by Crippen LogP contribution is 2.37. The number of anilines is 1. The van der Waals surface area contributed by atoms with E-state index in [2.05, 4.69) is 21.2 Å². The zero-order chi connectivity index (χ0) is 22.1. The number of hydrogen-bond donors (Lipinski definition) is 2. The van der Waals surface area contributed by atoms with E-state index in [1.165, 1.54) is 19.3 Å². The van der Waals surface area contributed by atoms with E-state index in [1.54, 1.807) is 30.3 Å². The van der Waals surface area contributed by atoms with Crippen molar-refractivity contribution in [2.45, 2.75) is 6.92 Å². The minimum absolute atomic E-state index is 0.128. The second-order valence-corrected chi connectivity index (χ2v) is 6.65. The third kappa shape index (κ3) is 6.25. The van der Waals surface area contributed by atoms with E-state index in [0.717, 1.165) is 0 Å². The lowest BCUT2D eigenvalue weighted by Gasteiger charge is -2.12. The minimum atomic E-state index is -1.13. The fourth-order valence-electron chi connectivity index (χ4n) is 2.41. The number of rotatable bonds is 9. The molecule has 0 spiro atoms. The van der Waals surface area contributed by atoms with Crippen molar-refractivity contribution in [2.75, 3.05) is 25.6 Å². The number of hydrogen-bond acceptors (Lipinski definition) is 6. The SMILES string of the molecule is CCOc1ccc(NC(=O)C(C#N)=Cc2cc(Br)c(OCC(=O)O)c(OC)c2)cc1. The van der Waals surface area contributed by atoms with Crippen molar-refractivity contribution in [2.24, 2.45) is 0 Å². The van der Waals surface area contributed by atoms with Gasteiger partial charge in [0.2, 0.25) is 0 Å². The Labute approximate surface area is 181 Å². The smallest absolute Gasteiger partial charge is 0.341 e. The number of methoxy groups -OCH3 is 1. The third-order valence-corrected chi connectivity index (χ3v) is 4.28. The fraction of sp³-hybridized carbons (Fsp3) is 0.190. The van der Waals surface area contributed by atoms with Gasteiger partial charge in [-0.05, 0) is 70.9 Å². The molecule has 2 aromatic carbocycles. The maximum atomic E-state index is 12.5. The van der Waals surface area contributed by atoms with Crippen LogP contribution >= 0.6 is 15.9 Å². The van der Waals surface area contributed by atoms with Crippen molar-refractivity contribution >= 4 is 39.6 Å². The van der Waals surface area contributed by atoms with Crippen molar-refractivity contribution in [1.29, 1.82) is 5.26 Å². The number of carbonyl (C=O) groups excluding carboxylic acids is 1. The average molecular weight is 475 g/mol. The molecule has 0 atom stereocenters. The van der Waals surface area contributed by atoms with E-state index < -0.39 is 18.5 Å². The Bertz CT molecular complexity index is 996. The Balaban J connectivity index is 2.23. The summed E-state index contributed by atoms with van der Waals surface area (Å²) >= 11 is 3.29. The molecular formula is C21H19BrN2O6. The molecule has 0 aromatic heterocycles. The van der Waals surface area contributed by atoms with E-state index in [4.69, 9.17) is 19.3 Å². The quantitative estimate of drug-likeness (QED) is 0.418. The van der Waals surface area contributed by atoms with E-state index in [0.29, 0.717) is 28.1 Å². The van der Waals surface area contributed by atoms with Crippen LogP contribution in [0.5, 0.6) is 17.2 Å². The first-order chi connectivity index (χ1) is 14.4. The molecule has 2 N–H and O–H groups in total. The normalized spacial score (nSPS) is 10.7. The Morgan fingerprint density at radius 3 is 2.50 bits per heavy atom. The van der Waals surface area contributed by atoms with Gasteiger partial charge >= 0.3 is 5.97 Å². The van der Waals surface area contributed by atoms with Crippen LogP contribution in [0.1, 0.15) is 12.5 Å². The molecule has 156 valence electrons. The Hall–Kier alpha value is -3.51. The largest absolute Gasteiger partial charge is 0.494 e. The molecule has 0 heterocycles. The number of carboxylic acid groups (broad SMARTS) is 1. The lowest BCUT2D eigenvalue weighted by molar-refractivity contribution is -0.139. The first-order valence-electron chi connectivity index (χ1n) is 8.76. The van der Waals surface area contributed by atoms with Gasteiger partial charge in [0.05, 0.1) is 18.2 Å². The van der Waals surface area contributed by atoms with Gasteiger partial charge < -0.3 is 24.6 Å². The molecule has 0 saturated carbocycles. The summed E-state index contributed by atoms with van der Waals surface area (Å²) in [6.07, 6.45) is 1.39. The van der Waals surface area contributed by atoms with Gasteiger partial charge in [-0.3, -0.25) is 4.79 Å². The van der Waals surface area contributed by atoms with E-state index in [1.807, 2.05) is 13.0 Å². The highest BCUT2D eigenvalue weighted by molar-refractivity contribution is 9.10. The number of ether oxygens (including phenoxy) is 3. The highest BCUT2D eigenvalue weighted by atomic mass is 79.9. The Kier molecular flexibility index (Phi) is 8.26. The minimum Gasteiger partial charge on any atom is -0.494 e. The molecule has 30 heavy (non-hydrogen) atoms. The van der Waals surface area contributed by atoms with Gasteiger partial charge in [-0.1, -0.05) is 0 Å². The van der Waals surface area contributed by atoms with Crippen molar-refractivity contribution < 1.29 is 28.9 Å². The number of benzene rings is 2.